The van der Waals surface area contributed by atoms with Crippen LogP contribution in [0.25, 0.3) is 0 Å². The molecule has 1 fully saturated rings. The Balaban J connectivity index is 2.51. The van der Waals surface area contributed by atoms with Gasteiger partial charge < -0.3 is 10.6 Å². The second-order valence-electron chi connectivity index (χ2n) is 5.67. The molecule has 1 saturated heterocycles. The predicted molar refractivity (Wildman–Crippen MR) is 76.5 cm³/mol. The van der Waals surface area contributed by atoms with Crippen LogP contribution in [0.4, 0.5) is 0 Å². The first-order valence-corrected chi connectivity index (χ1v) is 7.68. The number of primary amides is 1. The van der Waals surface area contributed by atoms with Gasteiger partial charge >= 0.3 is 0 Å². The third kappa shape index (κ3) is 4.84. The van der Waals surface area contributed by atoms with E-state index in [9.17, 15) is 9.59 Å². The Hall–Kier alpha value is -1.06. The number of carbonyl (C=O) groups is 2. The molecule has 0 aliphatic carbocycles. The highest BCUT2D eigenvalue weighted by Crippen LogP contribution is 2.26. The van der Waals surface area contributed by atoms with Crippen LogP contribution in [0.15, 0.2) is 0 Å². The van der Waals surface area contributed by atoms with Crippen molar-refractivity contribution in [2.45, 2.75) is 71.3 Å². The molecule has 2 amide bonds. The molecule has 1 rings (SSSR count). The van der Waals surface area contributed by atoms with Gasteiger partial charge in [-0.25, -0.2) is 0 Å². The van der Waals surface area contributed by atoms with E-state index in [0.29, 0.717) is 18.8 Å². The quantitative estimate of drug-likeness (QED) is 0.653. The highest BCUT2D eigenvalue weighted by atomic mass is 16.2. The summed E-state index contributed by atoms with van der Waals surface area (Å²) in [6.07, 6.45) is 7.96. The van der Waals surface area contributed by atoms with Crippen molar-refractivity contribution in [1.29, 1.82) is 0 Å². The number of likely N-dealkylation sites (tertiary alicyclic amines) is 1. The molecule has 0 radical (unpaired) electrons. The van der Waals surface area contributed by atoms with Gasteiger partial charge in [-0.3, -0.25) is 9.59 Å². The summed E-state index contributed by atoms with van der Waals surface area (Å²) in [5.41, 5.74) is 5.45. The van der Waals surface area contributed by atoms with E-state index < -0.39 is 0 Å². The van der Waals surface area contributed by atoms with Crippen LogP contribution >= 0.6 is 0 Å². The van der Waals surface area contributed by atoms with Gasteiger partial charge in [0.25, 0.3) is 0 Å². The van der Waals surface area contributed by atoms with E-state index in [-0.39, 0.29) is 17.9 Å². The zero-order valence-electron chi connectivity index (χ0n) is 12.4. The van der Waals surface area contributed by atoms with Gasteiger partial charge in [-0.2, -0.15) is 0 Å². The largest absolute Gasteiger partial charge is 0.368 e. The second kappa shape index (κ2) is 8.18. The number of hydrogen-bond acceptors (Lipinski definition) is 2. The molecule has 0 aromatic rings. The summed E-state index contributed by atoms with van der Waals surface area (Å²) in [6, 6.07) is -0.386. The molecular weight excluding hydrogens is 240 g/mol. The summed E-state index contributed by atoms with van der Waals surface area (Å²) < 4.78 is 0. The zero-order chi connectivity index (χ0) is 14.3. The maximum atomic E-state index is 12.0. The monoisotopic (exact) mass is 268 g/mol. The first-order valence-electron chi connectivity index (χ1n) is 7.68. The van der Waals surface area contributed by atoms with E-state index in [1.807, 2.05) is 0 Å². The Labute approximate surface area is 116 Å². The molecule has 0 aromatic carbocycles. The van der Waals surface area contributed by atoms with Crippen molar-refractivity contribution >= 4 is 11.8 Å². The Morgan fingerprint density at radius 3 is 2.58 bits per heavy atom. The lowest BCUT2D eigenvalue weighted by molar-refractivity contribution is -0.136. The second-order valence-corrected chi connectivity index (χ2v) is 5.67. The standard InChI is InChI=1S/C15H28N2O2/c1-3-5-7-8-12-10-14(18)17(11-12)13(15(16)19)9-6-4-2/h12-13H,3-11H2,1-2H3,(H2,16,19). The van der Waals surface area contributed by atoms with E-state index in [2.05, 4.69) is 13.8 Å². The molecule has 19 heavy (non-hydrogen) atoms. The molecule has 1 heterocycles. The third-order valence-corrected chi connectivity index (χ3v) is 3.99. The Morgan fingerprint density at radius 2 is 2.00 bits per heavy atom. The molecule has 4 heteroatoms. The van der Waals surface area contributed by atoms with Crippen LogP contribution in [0.5, 0.6) is 0 Å². The molecule has 0 spiro atoms. The van der Waals surface area contributed by atoms with Gasteiger partial charge in [-0.15, -0.1) is 0 Å². The summed E-state index contributed by atoms with van der Waals surface area (Å²) in [4.78, 5) is 25.3. The van der Waals surface area contributed by atoms with Crippen LogP contribution in [-0.4, -0.2) is 29.3 Å². The number of carbonyl (C=O) groups excluding carboxylic acids is 2. The van der Waals surface area contributed by atoms with Crippen LogP contribution in [0.1, 0.15) is 65.2 Å². The lowest BCUT2D eigenvalue weighted by Gasteiger charge is -2.25. The van der Waals surface area contributed by atoms with Crippen molar-refractivity contribution in [1.82, 2.24) is 4.90 Å². The average molecular weight is 268 g/mol. The van der Waals surface area contributed by atoms with E-state index >= 15 is 0 Å². The number of nitrogens with two attached hydrogens (primary N) is 1. The maximum Gasteiger partial charge on any atom is 0.240 e. The van der Waals surface area contributed by atoms with Crippen molar-refractivity contribution in [3.63, 3.8) is 0 Å². The van der Waals surface area contributed by atoms with Gasteiger partial charge in [0.05, 0.1) is 0 Å². The Morgan fingerprint density at radius 1 is 1.32 bits per heavy atom. The fourth-order valence-corrected chi connectivity index (χ4v) is 2.84. The fraction of sp³-hybridized carbons (Fsp3) is 0.867. The van der Waals surface area contributed by atoms with E-state index in [1.165, 1.54) is 19.3 Å². The topological polar surface area (TPSA) is 63.4 Å². The summed E-state index contributed by atoms with van der Waals surface area (Å²) in [5.74, 6) is 0.180. The van der Waals surface area contributed by atoms with Gasteiger partial charge in [0.2, 0.25) is 11.8 Å². The summed E-state index contributed by atoms with van der Waals surface area (Å²) in [5, 5.41) is 0. The number of hydrogen-bond donors (Lipinski definition) is 1. The fourth-order valence-electron chi connectivity index (χ4n) is 2.84. The van der Waals surface area contributed by atoms with Crippen LogP contribution in [0.2, 0.25) is 0 Å². The molecule has 1 aliphatic heterocycles. The summed E-state index contributed by atoms with van der Waals surface area (Å²) in [6.45, 7) is 4.98. The smallest absolute Gasteiger partial charge is 0.240 e. The molecule has 110 valence electrons. The van der Waals surface area contributed by atoms with Crippen molar-refractivity contribution in [2.24, 2.45) is 11.7 Å². The van der Waals surface area contributed by atoms with Crippen molar-refractivity contribution in [2.75, 3.05) is 6.54 Å². The molecule has 0 aromatic heterocycles. The minimum absolute atomic E-state index is 0.112. The van der Waals surface area contributed by atoms with Crippen molar-refractivity contribution in [3.8, 4) is 0 Å². The van der Waals surface area contributed by atoms with Crippen LogP contribution in [0.3, 0.4) is 0 Å². The molecule has 1 aliphatic rings. The number of rotatable bonds is 9. The van der Waals surface area contributed by atoms with Gasteiger partial charge in [0.15, 0.2) is 0 Å². The molecular formula is C15H28N2O2. The van der Waals surface area contributed by atoms with E-state index in [1.54, 1.807) is 4.90 Å². The first-order chi connectivity index (χ1) is 9.10. The molecule has 0 saturated carbocycles. The average Bonchev–Trinajstić information content (AvgIpc) is 2.71. The molecule has 2 unspecified atom stereocenters. The molecule has 2 N–H and O–H groups in total. The third-order valence-electron chi connectivity index (χ3n) is 3.99. The van der Waals surface area contributed by atoms with Crippen LogP contribution in [-0.2, 0) is 9.59 Å². The lowest BCUT2D eigenvalue weighted by atomic mass is 10.0. The normalized spacial score (nSPS) is 20.8. The number of amides is 2. The molecule has 0 bridgehead atoms. The zero-order valence-corrected chi connectivity index (χ0v) is 12.4. The Bertz CT molecular complexity index is 305. The predicted octanol–water partition coefficient (Wildman–Crippen LogP) is 2.46. The highest BCUT2D eigenvalue weighted by Gasteiger charge is 2.35. The molecule has 2 atom stereocenters. The SMILES string of the molecule is CCCCCC1CC(=O)N(C(CCCC)C(N)=O)C1. The van der Waals surface area contributed by atoms with Crippen LogP contribution in [0, 0.1) is 5.92 Å². The van der Waals surface area contributed by atoms with Crippen molar-refractivity contribution < 1.29 is 9.59 Å². The lowest BCUT2D eigenvalue weighted by Crippen LogP contribution is -2.45. The van der Waals surface area contributed by atoms with Gasteiger partial charge in [0.1, 0.15) is 6.04 Å². The Kier molecular flexibility index (Phi) is 6.89. The molecule has 4 nitrogen and oxygen atoms in total. The summed E-state index contributed by atoms with van der Waals surface area (Å²) >= 11 is 0. The van der Waals surface area contributed by atoms with E-state index in [4.69, 9.17) is 5.73 Å². The first kappa shape index (κ1) is 16.0. The highest BCUT2D eigenvalue weighted by molar-refractivity contribution is 5.87. The van der Waals surface area contributed by atoms with Crippen LogP contribution < -0.4 is 5.73 Å². The van der Waals surface area contributed by atoms with Crippen molar-refractivity contribution in [3.05, 3.63) is 0 Å². The number of nitrogens with zero attached hydrogens (tertiary/aromatic N) is 1. The number of unbranched alkanes of at least 4 members (excludes halogenated alkanes) is 3. The minimum Gasteiger partial charge on any atom is -0.368 e. The van der Waals surface area contributed by atoms with Gasteiger partial charge in [-0.1, -0.05) is 46.0 Å². The van der Waals surface area contributed by atoms with E-state index in [0.717, 1.165) is 25.8 Å². The summed E-state index contributed by atoms with van der Waals surface area (Å²) in [7, 11) is 0. The van der Waals surface area contributed by atoms with Gasteiger partial charge in [0, 0.05) is 13.0 Å². The van der Waals surface area contributed by atoms with Gasteiger partial charge in [-0.05, 0) is 18.8 Å². The maximum absolute atomic E-state index is 12.0. The minimum atomic E-state index is -0.386.